The van der Waals surface area contributed by atoms with Gasteiger partial charge >= 0.3 is 0 Å². The second-order valence-electron chi connectivity index (χ2n) is 8.03. The van der Waals surface area contributed by atoms with Gasteiger partial charge in [-0.3, -0.25) is 4.79 Å². The highest BCUT2D eigenvalue weighted by Crippen LogP contribution is 2.25. The largest absolute Gasteiger partial charge is 0.494 e. The van der Waals surface area contributed by atoms with Gasteiger partial charge in [-0.1, -0.05) is 36.7 Å². The van der Waals surface area contributed by atoms with Crippen molar-refractivity contribution < 1.29 is 14.3 Å². The fourth-order valence-electron chi connectivity index (χ4n) is 3.38. The SMILES string of the molecule is CCCOc1ccc(-c2nn(-c3ccccc3)cc2/C=N\NC(=O)[C@H](C)Oc2ccc(Cl)cc2)cc1. The summed E-state index contributed by atoms with van der Waals surface area (Å²) in [4.78, 5) is 12.5. The summed E-state index contributed by atoms with van der Waals surface area (Å²) >= 11 is 5.90. The summed E-state index contributed by atoms with van der Waals surface area (Å²) in [5.41, 5.74) is 5.83. The van der Waals surface area contributed by atoms with E-state index in [0.29, 0.717) is 17.4 Å². The Morgan fingerprint density at radius 2 is 1.75 bits per heavy atom. The van der Waals surface area contributed by atoms with Crippen molar-refractivity contribution in [1.82, 2.24) is 15.2 Å². The predicted molar refractivity (Wildman–Crippen MR) is 142 cm³/mol. The molecular weight excluding hydrogens is 476 g/mol. The fourth-order valence-corrected chi connectivity index (χ4v) is 3.50. The first-order chi connectivity index (χ1) is 17.5. The molecule has 3 aromatic carbocycles. The van der Waals surface area contributed by atoms with E-state index >= 15 is 0 Å². The van der Waals surface area contributed by atoms with Crippen molar-refractivity contribution >= 4 is 23.7 Å². The number of nitrogens with one attached hydrogen (secondary N) is 1. The lowest BCUT2D eigenvalue weighted by atomic mass is 10.1. The molecule has 184 valence electrons. The number of rotatable bonds is 10. The Bertz CT molecular complexity index is 1300. The average Bonchev–Trinajstić information content (AvgIpc) is 3.33. The molecule has 7 nitrogen and oxygen atoms in total. The zero-order valence-corrected chi connectivity index (χ0v) is 20.9. The molecule has 0 radical (unpaired) electrons. The van der Waals surface area contributed by atoms with Gasteiger partial charge in [-0.25, -0.2) is 10.1 Å². The van der Waals surface area contributed by atoms with Crippen LogP contribution in [0.2, 0.25) is 5.02 Å². The van der Waals surface area contributed by atoms with Crippen LogP contribution in [0.4, 0.5) is 0 Å². The molecule has 1 aromatic heterocycles. The molecule has 1 N–H and O–H groups in total. The van der Waals surface area contributed by atoms with Crippen LogP contribution >= 0.6 is 11.6 Å². The second-order valence-corrected chi connectivity index (χ2v) is 8.47. The molecule has 0 aliphatic rings. The van der Waals surface area contributed by atoms with Crippen LogP contribution in [0.25, 0.3) is 16.9 Å². The van der Waals surface area contributed by atoms with E-state index in [1.165, 1.54) is 0 Å². The molecular formula is C28H27ClN4O3. The average molecular weight is 503 g/mol. The number of para-hydroxylation sites is 1. The highest BCUT2D eigenvalue weighted by molar-refractivity contribution is 6.30. The number of halogens is 1. The predicted octanol–water partition coefficient (Wildman–Crippen LogP) is 5.90. The number of carbonyl (C=O) groups excluding carboxylic acids is 1. The first-order valence-corrected chi connectivity index (χ1v) is 12.0. The molecule has 0 aliphatic heterocycles. The zero-order chi connectivity index (χ0) is 25.3. The Labute approximate surface area is 215 Å². The smallest absolute Gasteiger partial charge is 0.280 e. The number of carbonyl (C=O) groups is 1. The van der Waals surface area contributed by atoms with Gasteiger partial charge in [0.15, 0.2) is 6.10 Å². The number of aromatic nitrogens is 2. The molecule has 1 heterocycles. The second kappa shape index (κ2) is 12.0. The van der Waals surface area contributed by atoms with Crippen molar-refractivity contribution in [3.05, 3.63) is 95.6 Å². The quantitative estimate of drug-likeness (QED) is 0.216. The topological polar surface area (TPSA) is 77.7 Å². The van der Waals surface area contributed by atoms with Crippen LogP contribution in [0.5, 0.6) is 11.5 Å². The highest BCUT2D eigenvalue weighted by atomic mass is 35.5. The number of nitrogens with zero attached hydrogens (tertiary/aromatic N) is 3. The van der Waals surface area contributed by atoms with Crippen molar-refractivity contribution in [3.63, 3.8) is 0 Å². The molecule has 0 saturated heterocycles. The van der Waals surface area contributed by atoms with E-state index < -0.39 is 6.10 Å². The van der Waals surface area contributed by atoms with Crippen LogP contribution in [-0.2, 0) is 4.79 Å². The molecule has 8 heteroatoms. The van der Waals surface area contributed by atoms with E-state index in [4.69, 9.17) is 26.2 Å². The molecule has 0 unspecified atom stereocenters. The minimum absolute atomic E-state index is 0.379. The third-order valence-corrected chi connectivity index (χ3v) is 5.49. The zero-order valence-electron chi connectivity index (χ0n) is 20.1. The van der Waals surface area contributed by atoms with Crippen molar-refractivity contribution in [1.29, 1.82) is 0 Å². The van der Waals surface area contributed by atoms with Crippen molar-refractivity contribution in [3.8, 4) is 28.4 Å². The summed E-state index contributed by atoms with van der Waals surface area (Å²) in [6, 6.07) is 24.4. The molecule has 0 bridgehead atoms. The van der Waals surface area contributed by atoms with Gasteiger partial charge in [0.2, 0.25) is 0 Å². The summed E-state index contributed by atoms with van der Waals surface area (Å²) in [5, 5.41) is 9.54. The van der Waals surface area contributed by atoms with Gasteiger partial charge in [-0.05, 0) is 74.0 Å². The Morgan fingerprint density at radius 3 is 2.44 bits per heavy atom. The molecule has 4 rings (SSSR count). The molecule has 4 aromatic rings. The van der Waals surface area contributed by atoms with E-state index in [1.807, 2.05) is 60.8 Å². The van der Waals surface area contributed by atoms with E-state index in [2.05, 4.69) is 17.5 Å². The Morgan fingerprint density at radius 1 is 1.06 bits per heavy atom. The van der Waals surface area contributed by atoms with Gasteiger partial charge in [0.25, 0.3) is 5.91 Å². The third kappa shape index (κ3) is 6.52. The number of hydrazone groups is 1. The lowest BCUT2D eigenvalue weighted by molar-refractivity contribution is -0.127. The van der Waals surface area contributed by atoms with E-state index in [9.17, 15) is 4.79 Å². The molecule has 36 heavy (non-hydrogen) atoms. The van der Waals surface area contributed by atoms with Crippen LogP contribution in [-0.4, -0.2) is 34.6 Å². The molecule has 0 fully saturated rings. The number of benzene rings is 3. The first-order valence-electron chi connectivity index (χ1n) is 11.7. The standard InChI is InChI=1S/C28H27ClN4O3/c1-3-17-35-25-13-9-21(10-14-25)27-22(19-33(32-27)24-7-5-4-6-8-24)18-30-31-28(34)20(2)36-26-15-11-23(29)12-16-26/h4-16,18-20H,3,17H2,1-2H3,(H,31,34)/b30-18-/t20-/m0/s1. The molecule has 0 aliphatic carbocycles. The molecule has 1 amide bonds. The van der Waals surface area contributed by atoms with Crippen LogP contribution < -0.4 is 14.9 Å². The summed E-state index contributed by atoms with van der Waals surface area (Å²) in [6.07, 6.45) is 3.65. The lowest BCUT2D eigenvalue weighted by Crippen LogP contribution is -2.33. The van der Waals surface area contributed by atoms with Crippen LogP contribution in [0.1, 0.15) is 25.8 Å². The van der Waals surface area contributed by atoms with E-state index in [-0.39, 0.29) is 5.91 Å². The third-order valence-electron chi connectivity index (χ3n) is 5.24. The van der Waals surface area contributed by atoms with Gasteiger partial charge in [0.1, 0.15) is 17.2 Å². The van der Waals surface area contributed by atoms with Crippen molar-refractivity contribution in [2.24, 2.45) is 5.10 Å². The lowest BCUT2D eigenvalue weighted by Gasteiger charge is -2.12. The maximum Gasteiger partial charge on any atom is 0.280 e. The summed E-state index contributed by atoms with van der Waals surface area (Å²) in [6.45, 7) is 4.39. The maximum atomic E-state index is 12.5. The maximum absolute atomic E-state index is 12.5. The van der Waals surface area contributed by atoms with Gasteiger partial charge in [-0.2, -0.15) is 10.2 Å². The number of ether oxygens (including phenoxy) is 2. The van der Waals surface area contributed by atoms with E-state index in [1.54, 1.807) is 42.1 Å². The van der Waals surface area contributed by atoms with Crippen LogP contribution in [0, 0.1) is 0 Å². The Balaban J connectivity index is 1.51. The number of hydrogen-bond acceptors (Lipinski definition) is 5. The number of hydrogen-bond donors (Lipinski definition) is 1. The van der Waals surface area contributed by atoms with Gasteiger partial charge in [0.05, 0.1) is 18.5 Å². The summed E-state index contributed by atoms with van der Waals surface area (Å²) in [5.74, 6) is 0.972. The van der Waals surface area contributed by atoms with Crippen molar-refractivity contribution in [2.45, 2.75) is 26.4 Å². The molecule has 0 spiro atoms. The van der Waals surface area contributed by atoms with Gasteiger partial charge in [0, 0.05) is 22.3 Å². The van der Waals surface area contributed by atoms with Crippen LogP contribution in [0.15, 0.2) is 90.2 Å². The minimum atomic E-state index is -0.745. The molecule has 0 saturated carbocycles. The van der Waals surface area contributed by atoms with Gasteiger partial charge in [-0.15, -0.1) is 0 Å². The fraction of sp³-hybridized carbons (Fsp3) is 0.179. The normalized spacial score (nSPS) is 11.9. The highest BCUT2D eigenvalue weighted by Gasteiger charge is 2.15. The first kappa shape index (κ1) is 25.0. The number of amides is 1. The summed E-state index contributed by atoms with van der Waals surface area (Å²) < 4.78 is 13.1. The Kier molecular flexibility index (Phi) is 8.36. The van der Waals surface area contributed by atoms with Crippen LogP contribution in [0.3, 0.4) is 0 Å². The van der Waals surface area contributed by atoms with Crippen molar-refractivity contribution in [2.75, 3.05) is 6.61 Å². The Hall–Kier alpha value is -4.10. The summed E-state index contributed by atoms with van der Waals surface area (Å²) in [7, 11) is 0. The minimum Gasteiger partial charge on any atom is -0.494 e. The molecule has 1 atom stereocenters. The van der Waals surface area contributed by atoms with E-state index in [0.717, 1.165) is 34.7 Å². The van der Waals surface area contributed by atoms with Gasteiger partial charge < -0.3 is 9.47 Å². The monoisotopic (exact) mass is 502 g/mol.